The SMILES string of the molecule is CC(CN1CCN(C)CC1C)C(=N)N. The molecule has 2 atom stereocenters. The molecule has 0 radical (unpaired) electrons. The van der Waals surface area contributed by atoms with Crippen molar-refractivity contribution in [2.24, 2.45) is 11.7 Å². The number of amidine groups is 1. The summed E-state index contributed by atoms with van der Waals surface area (Å²) in [6.07, 6.45) is 0. The van der Waals surface area contributed by atoms with Crippen LogP contribution >= 0.6 is 0 Å². The molecule has 0 bridgehead atoms. The monoisotopic (exact) mass is 198 g/mol. The summed E-state index contributed by atoms with van der Waals surface area (Å²) in [5.74, 6) is 0.483. The van der Waals surface area contributed by atoms with E-state index in [4.69, 9.17) is 11.1 Å². The lowest BCUT2D eigenvalue weighted by molar-refractivity contribution is 0.0944. The Balaban J connectivity index is 2.41. The standard InChI is InChI=1S/C10H22N4/c1-8(10(11)12)6-14-5-4-13(3)7-9(14)2/h8-9H,4-7H2,1-3H3,(H3,11,12). The normalized spacial score (nSPS) is 27.5. The second-order valence-corrected chi connectivity index (χ2v) is 4.46. The fourth-order valence-corrected chi connectivity index (χ4v) is 1.90. The maximum absolute atomic E-state index is 7.37. The van der Waals surface area contributed by atoms with Gasteiger partial charge in [0, 0.05) is 38.1 Å². The summed E-state index contributed by atoms with van der Waals surface area (Å²) >= 11 is 0. The van der Waals surface area contributed by atoms with Crippen LogP contribution in [-0.2, 0) is 0 Å². The van der Waals surface area contributed by atoms with E-state index in [1.807, 2.05) is 6.92 Å². The number of piperazine rings is 1. The summed E-state index contributed by atoms with van der Waals surface area (Å²) in [4.78, 5) is 4.77. The van der Waals surface area contributed by atoms with Crippen molar-refractivity contribution < 1.29 is 0 Å². The molecular weight excluding hydrogens is 176 g/mol. The quantitative estimate of drug-likeness (QED) is 0.503. The van der Waals surface area contributed by atoms with Gasteiger partial charge in [0.05, 0.1) is 5.84 Å². The van der Waals surface area contributed by atoms with Crippen LogP contribution in [0.15, 0.2) is 0 Å². The number of hydrogen-bond donors (Lipinski definition) is 2. The van der Waals surface area contributed by atoms with Crippen LogP contribution in [0.1, 0.15) is 13.8 Å². The molecule has 1 fully saturated rings. The molecule has 1 aliphatic rings. The first-order chi connectivity index (χ1) is 6.50. The highest BCUT2D eigenvalue weighted by Gasteiger charge is 2.23. The van der Waals surface area contributed by atoms with Gasteiger partial charge in [-0.15, -0.1) is 0 Å². The van der Waals surface area contributed by atoms with Crippen molar-refractivity contribution in [1.82, 2.24) is 9.80 Å². The Hall–Kier alpha value is -0.610. The fourth-order valence-electron chi connectivity index (χ4n) is 1.90. The molecule has 0 aromatic heterocycles. The molecule has 0 saturated carbocycles. The maximum atomic E-state index is 7.37. The van der Waals surface area contributed by atoms with E-state index in [1.54, 1.807) is 0 Å². The third-order valence-electron chi connectivity index (χ3n) is 3.01. The largest absolute Gasteiger partial charge is 0.387 e. The number of nitrogens with one attached hydrogen (secondary N) is 1. The Labute approximate surface area is 86.6 Å². The lowest BCUT2D eigenvalue weighted by Gasteiger charge is -2.39. The topological polar surface area (TPSA) is 56.4 Å². The van der Waals surface area contributed by atoms with Crippen molar-refractivity contribution in [3.8, 4) is 0 Å². The van der Waals surface area contributed by atoms with E-state index < -0.39 is 0 Å². The summed E-state index contributed by atoms with van der Waals surface area (Å²) in [6, 6.07) is 0.579. The minimum Gasteiger partial charge on any atom is -0.387 e. The van der Waals surface area contributed by atoms with Gasteiger partial charge in [-0.05, 0) is 14.0 Å². The van der Waals surface area contributed by atoms with Gasteiger partial charge in [0.2, 0.25) is 0 Å². The van der Waals surface area contributed by atoms with Crippen LogP contribution in [0.2, 0.25) is 0 Å². The van der Waals surface area contributed by atoms with E-state index in [2.05, 4.69) is 23.8 Å². The van der Waals surface area contributed by atoms with Crippen molar-refractivity contribution in [2.75, 3.05) is 33.2 Å². The molecule has 0 amide bonds. The number of rotatable bonds is 3. The van der Waals surface area contributed by atoms with Crippen molar-refractivity contribution in [2.45, 2.75) is 19.9 Å². The van der Waals surface area contributed by atoms with Gasteiger partial charge >= 0.3 is 0 Å². The lowest BCUT2D eigenvalue weighted by atomic mass is 10.1. The summed E-state index contributed by atoms with van der Waals surface area (Å²) in [5, 5.41) is 7.37. The van der Waals surface area contributed by atoms with Crippen molar-refractivity contribution >= 4 is 5.84 Å². The van der Waals surface area contributed by atoms with Gasteiger partial charge in [-0.2, -0.15) is 0 Å². The molecule has 0 aromatic rings. The average Bonchev–Trinajstić information content (AvgIpc) is 2.09. The second kappa shape index (κ2) is 4.75. The first kappa shape index (κ1) is 11.5. The zero-order chi connectivity index (χ0) is 10.7. The minimum atomic E-state index is 0.181. The van der Waals surface area contributed by atoms with Crippen LogP contribution in [0.5, 0.6) is 0 Å². The van der Waals surface area contributed by atoms with Gasteiger partial charge in [-0.3, -0.25) is 10.3 Å². The van der Waals surface area contributed by atoms with Crippen molar-refractivity contribution in [3.05, 3.63) is 0 Å². The van der Waals surface area contributed by atoms with Gasteiger partial charge in [-0.1, -0.05) is 6.92 Å². The van der Waals surface area contributed by atoms with E-state index in [-0.39, 0.29) is 5.92 Å². The molecule has 14 heavy (non-hydrogen) atoms. The highest BCUT2D eigenvalue weighted by Crippen LogP contribution is 2.10. The molecule has 1 aliphatic heterocycles. The zero-order valence-corrected chi connectivity index (χ0v) is 9.45. The van der Waals surface area contributed by atoms with Crippen LogP contribution in [0.4, 0.5) is 0 Å². The first-order valence-corrected chi connectivity index (χ1v) is 5.27. The number of likely N-dealkylation sites (N-methyl/N-ethyl adjacent to an activating group) is 1. The van der Waals surface area contributed by atoms with Crippen molar-refractivity contribution in [3.63, 3.8) is 0 Å². The highest BCUT2D eigenvalue weighted by atomic mass is 15.3. The van der Waals surface area contributed by atoms with Crippen LogP contribution in [-0.4, -0.2) is 54.9 Å². The molecule has 0 aliphatic carbocycles. The van der Waals surface area contributed by atoms with Crippen LogP contribution in [0.25, 0.3) is 0 Å². The molecule has 1 saturated heterocycles. The van der Waals surface area contributed by atoms with Gasteiger partial charge in [0.1, 0.15) is 0 Å². The Bertz CT molecular complexity index is 204. The Morgan fingerprint density at radius 1 is 1.57 bits per heavy atom. The molecule has 4 heteroatoms. The van der Waals surface area contributed by atoms with Gasteiger partial charge in [0.25, 0.3) is 0 Å². The van der Waals surface area contributed by atoms with Crippen LogP contribution in [0, 0.1) is 11.3 Å². The first-order valence-electron chi connectivity index (χ1n) is 5.27. The molecule has 82 valence electrons. The third kappa shape index (κ3) is 2.96. The molecule has 0 spiro atoms. The summed E-state index contributed by atoms with van der Waals surface area (Å²) < 4.78 is 0. The highest BCUT2D eigenvalue weighted by molar-refractivity contribution is 5.79. The molecule has 4 nitrogen and oxygen atoms in total. The minimum absolute atomic E-state index is 0.181. The van der Waals surface area contributed by atoms with Crippen LogP contribution in [0.3, 0.4) is 0 Å². The van der Waals surface area contributed by atoms with Crippen LogP contribution < -0.4 is 5.73 Å². The average molecular weight is 198 g/mol. The van der Waals surface area contributed by atoms with E-state index >= 15 is 0 Å². The van der Waals surface area contributed by atoms with E-state index in [0.717, 1.165) is 26.2 Å². The molecule has 3 N–H and O–H groups in total. The maximum Gasteiger partial charge on any atom is 0.0947 e. The van der Waals surface area contributed by atoms with Gasteiger partial charge < -0.3 is 10.6 Å². The third-order valence-corrected chi connectivity index (χ3v) is 3.01. The summed E-state index contributed by atoms with van der Waals surface area (Å²) in [6.45, 7) is 8.51. The smallest absolute Gasteiger partial charge is 0.0947 e. The fraction of sp³-hybridized carbons (Fsp3) is 0.900. The van der Waals surface area contributed by atoms with E-state index in [9.17, 15) is 0 Å². The predicted molar refractivity (Wildman–Crippen MR) is 59.6 cm³/mol. The van der Waals surface area contributed by atoms with Crippen molar-refractivity contribution in [1.29, 1.82) is 5.41 Å². The number of hydrogen-bond acceptors (Lipinski definition) is 3. The molecule has 1 rings (SSSR count). The molecular formula is C10H22N4. The Morgan fingerprint density at radius 3 is 2.71 bits per heavy atom. The molecule has 2 unspecified atom stereocenters. The summed E-state index contributed by atoms with van der Waals surface area (Å²) in [7, 11) is 2.16. The Morgan fingerprint density at radius 2 is 2.21 bits per heavy atom. The summed E-state index contributed by atoms with van der Waals surface area (Å²) in [5.41, 5.74) is 5.47. The predicted octanol–water partition coefficient (Wildman–Crippen LogP) is 0.194. The zero-order valence-electron chi connectivity index (χ0n) is 9.45. The second-order valence-electron chi connectivity index (χ2n) is 4.46. The number of nitrogens with zero attached hydrogens (tertiary/aromatic N) is 2. The molecule has 1 heterocycles. The van der Waals surface area contributed by atoms with Gasteiger partial charge in [0.15, 0.2) is 0 Å². The van der Waals surface area contributed by atoms with E-state index in [1.165, 1.54) is 0 Å². The van der Waals surface area contributed by atoms with Gasteiger partial charge in [-0.25, -0.2) is 0 Å². The van der Waals surface area contributed by atoms with E-state index in [0.29, 0.717) is 11.9 Å². The Kier molecular flexibility index (Phi) is 3.89. The lowest BCUT2D eigenvalue weighted by Crippen LogP contribution is -2.52. The number of nitrogens with two attached hydrogens (primary N) is 1. The molecule has 0 aromatic carbocycles.